The molecule has 2 aromatic carbocycles. The third kappa shape index (κ3) is 4.53. The Morgan fingerprint density at radius 1 is 1.20 bits per heavy atom. The molecule has 1 aliphatic rings. The second-order valence-corrected chi connectivity index (χ2v) is 8.20. The average Bonchev–Trinajstić information content (AvgIpc) is 2.70. The van der Waals surface area contributed by atoms with Crippen LogP contribution in [0.15, 0.2) is 46.4 Å². The van der Waals surface area contributed by atoms with Gasteiger partial charge in [-0.1, -0.05) is 42.3 Å². The van der Waals surface area contributed by atoms with E-state index >= 15 is 0 Å². The standard InChI is InChI=1S/C21H17BrCl2N2O4/c1-3-11(2)30-17-8-7-12(10-14(17)22)9-13-19(27)25-21(29)26(20(13)28)16-6-4-5-15(23)18(16)24/h4-11H,3H2,1-2H3,(H,25,27,29)/b13-9+/t11-/m1/s1. The monoisotopic (exact) mass is 510 g/mol. The molecule has 0 bridgehead atoms. The zero-order chi connectivity index (χ0) is 22.0. The van der Waals surface area contributed by atoms with Gasteiger partial charge in [-0.2, -0.15) is 0 Å². The van der Waals surface area contributed by atoms with Crippen molar-refractivity contribution >= 4 is 68.7 Å². The maximum absolute atomic E-state index is 13.0. The number of halogens is 3. The quantitative estimate of drug-likeness (QED) is 0.418. The number of hydrogen-bond acceptors (Lipinski definition) is 4. The number of anilines is 1. The van der Waals surface area contributed by atoms with Crippen molar-refractivity contribution in [1.82, 2.24) is 5.32 Å². The summed E-state index contributed by atoms with van der Waals surface area (Å²) in [5.74, 6) is -0.951. The fraction of sp³-hybridized carbons (Fsp3) is 0.190. The van der Waals surface area contributed by atoms with E-state index in [9.17, 15) is 14.4 Å². The van der Waals surface area contributed by atoms with E-state index < -0.39 is 17.8 Å². The van der Waals surface area contributed by atoms with Crippen molar-refractivity contribution in [3.8, 4) is 5.75 Å². The Hall–Kier alpha value is -2.35. The summed E-state index contributed by atoms with van der Waals surface area (Å²) in [5.41, 5.74) is 0.444. The number of carbonyl (C=O) groups excluding carboxylic acids is 3. The Morgan fingerprint density at radius 2 is 1.93 bits per heavy atom. The second kappa shape index (κ2) is 9.20. The summed E-state index contributed by atoms with van der Waals surface area (Å²) in [5, 5.41) is 2.37. The summed E-state index contributed by atoms with van der Waals surface area (Å²) in [6, 6.07) is 8.83. The minimum Gasteiger partial charge on any atom is -0.490 e. The van der Waals surface area contributed by atoms with Crippen LogP contribution in [0.1, 0.15) is 25.8 Å². The van der Waals surface area contributed by atoms with Crippen LogP contribution in [-0.4, -0.2) is 23.9 Å². The molecule has 0 aromatic heterocycles. The fourth-order valence-corrected chi connectivity index (χ4v) is 3.58. The summed E-state index contributed by atoms with van der Waals surface area (Å²) in [4.78, 5) is 38.4. The highest BCUT2D eigenvalue weighted by molar-refractivity contribution is 9.10. The van der Waals surface area contributed by atoms with Crippen LogP contribution in [0.25, 0.3) is 6.08 Å². The molecule has 1 heterocycles. The molecule has 156 valence electrons. The van der Waals surface area contributed by atoms with Crippen molar-refractivity contribution in [2.24, 2.45) is 0 Å². The molecule has 1 atom stereocenters. The van der Waals surface area contributed by atoms with Gasteiger partial charge in [0, 0.05) is 0 Å². The maximum Gasteiger partial charge on any atom is 0.336 e. The Kier molecular flexibility index (Phi) is 6.85. The number of nitrogens with one attached hydrogen (secondary N) is 1. The molecule has 1 fully saturated rings. The molecule has 1 N–H and O–H groups in total. The lowest BCUT2D eigenvalue weighted by Gasteiger charge is -2.27. The topological polar surface area (TPSA) is 75.7 Å². The summed E-state index contributed by atoms with van der Waals surface area (Å²) < 4.78 is 6.47. The van der Waals surface area contributed by atoms with Crippen LogP contribution >= 0.6 is 39.1 Å². The molecule has 1 saturated heterocycles. The van der Waals surface area contributed by atoms with Gasteiger partial charge in [0.2, 0.25) is 0 Å². The lowest BCUT2D eigenvalue weighted by molar-refractivity contribution is -0.122. The number of amides is 4. The van der Waals surface area contributed by atoms with Gasteiger partial charge >= 0.3 is 6.03 Å². The molecule has 0 saturated carbocycles. The van der Waals surface area contributed by atoms with Gasteiger partial charge in [0.15, 0.2) is 0 Å². The van der Waals surface area contributed by atoms with E-state index in [1.54, 1.807) is 24.3 Å². The van der Waals surface area contributed by atoms with Gasteiger partial charge in [0.05, 0.1) is 26.3 Å². The van der Waals surface area contributed by atoms with Crippen LogP contribution in [0.3, 0.4) is 0 Å². The van der Waals surface area contributed by atoms with E-state index in [-0.39, 0.29) is 27.4 Å². The Bertz CT molecular complexity index is 1070. The average molecular weight is 512 g/mol. The molecule has 1 aliphatic heterocycles. The summed E-state index contributed by atoms with van der Waals surface area (Å²) in [7, 11) is 0. The highest BCUT2D eigenvalue weighted by Crippen LogP contribution is 2.34. The molecule has 9 heteroatoms. The van der Waals surface area contributed by atoms with Crippen LogP contribution in [0, 0.1) is 0 Å². The first-order valence-electron chi connectivity index (χ1n) is 9.04. The van der Waals surface area contributed by atoms with E-state index in [1.807, 2.05) is 13.8 Å². The van der Waals surface area contributed by atoms with Crippen LogP contribution < -0.4 is 15.0 Å². The molecule has 30 heavy (non-hydrogen) atoms. The normalized spacial score (nSPS) is 16.6. The van der Waals surface area contributed by atoms with Crippen LogP contribution in [-0.2, 0) is 9.59 Å². The van der Waals surface area contributed by atoms with Gasteiger partial charge in [-0.25, -0.2) is 9.69 Å². The Labute approximate surface area is 191 Å². The SMILES string of the molecule is CC[C@@H](C)Oc1ccc(/C=C2\C(=O)NC(=O)N(c3cccc(Cl)c3Cl)C2=O)cc1Br. The number of imide groups is 2. The summed E-state index contributed by atoms with van der Waals surface area (Å²) >= 11 is 15.6. The van der Waals surface area contributed by atoms with E-state index in [4.69, 9.17) is 27.9 Å². The lowest BCUT2D eigenvalue weighted by Crippen LogP contribution is -2.54. The zero-order valence-electron chi connectivity index (χ0n) is 16.0. The highest BCUT2D eigenvalue weighted by atomic mass is 79.9. The number of nitrogens with zero attached hydrogens (tertiary/aromatic N) is 1. The molecule has 2 aromatic rings. The molecule has 6 nitrogen and oxygen atoms in total. The lowest BCUT2D eigenvalue weighted by atomic mass is 10.1. The molecular weight excluding hydrogens is 495 g/mol. The van der Waals surface area contributed by atoms with Crippen molar-refractivity contribution in [3.63, 3.8) is 0 Å². The highest BCUT2D eigenvalue weighted by Gasteiger charge is 2.38. The molecule has 0 unspecified atom stereocenters. The van der Waals surface area contributed by atoms with Gasteiger partial charge in [0.25, 0.3) is 11.8 Å². The van der Waals surface area contributed by atoms with Crippen molar-refractivity contribution in [3.05, 3.63) is 62.1 Å². The minimum atomic E-state index is -0.898. The minimum absolute atomic E-state index is 0.0330. The van der Waals surface area contributed by atoms with Crippen molar-refractivity contribution in [2.45, 2.75) is 26.4 Å². The number of hydrogen-bond donors (Lipinski definition) is 1. The van der Waals surface area contributed by atoms with Crippen LogP contribution in [0.4, 0.5) is 10.5 Å². The third-order valence-corrected chi connectivity index (χ3v) is 5.87. The number of carbonyl (C=O) groups is 3. The molecule has 0 aliphatic carbocycles. The van der Waals surface area contributed by atoms with E-state index in [1.165, 1.54) is 18.2 Å². The first-order chi connectivity index (χ1) is 14.2. The van der Waals surface area contributed by atoms with Gasteiger partial charge in [-0.3, -0.25) is 14.9 Å². The molecule has 0 radical (unpaired) electrons. The number of benzene rings is 2. The van der Waals surface area contributed by atoms with Crippen molar-refractivity contribution in [2.75, 3.05) is 4.90 Å². The number of urea groups is 1. The second-order valence-electron chi connectivity index (χ2n) is 6.56. The smallest absolute Gasteiger partial charge is 0.336 e. The maximum atomic E-state index is 13.0. The molecular formula is C21H17BrCl2N2O4. The van der Waals surface area contributed by atoms with Gasteiger partial charge in [-0.15, -0.1) is 0 Å². The Balaban J connectivity index is 1.97. The van der Waals surface area contributed by atoms with E-state index in [0.717, 1.165) is 11.3 Å². The van der Waals surface area contributed by atoms with E-state index in [0.29, 0.717) is 15.8 Å². The molecule has 4 amide bonds. The van der Waals surface area contributed by atoms with Crippen LogP contribution in [0.5, 0.6) is 5.75 Å². The summed E-state index contributed by atoms with van der Waals surface area (Å²) in [6.45, 7) is 3.98. The summed E-state index contributed by atoms with van der Waals surface area (Å²) in [6.07, 6.45) is 2.29. The largest absolute Gasteiger partial charge is 0.490 e. The van der Waals surface area contributed by atoms with Gasteiger partial charge in [0.1, 0.15) is 11.3 Å². The van der Waals surface area contributed by atoms with Crippen LogP contribution in [0.2, 0.25) is 10.0 Å². The zero-order valence-corrected chi connectivity index (χ0v) is 19.1. The van der Waals surface area contributed by atoms with Crippen molar-refractivity contribution < 1.29 is 19.1 Å². The molecule has 3 rings (SSSR count). The first-order valence-corrected chi connectivity index (χ1v) is 10.6. The molecule has 0 spiro atoms. The number of barbiturate groups is 1. The number of ether oxygens (including phenoxy) is 1. The van der Waals surface area contributed by atoms with Gasteiger partial charge in [-0.05, 0) is 65.2 Å². The van der Waals surface area contributed by atoms with E-state index in [2.05, 4.69) is 21.2 Å². The fourth-order valence-electron chi connectivity index (χ4n) is 2.71. The predicted octanol–water partition coefficient (Wildman–Crippen LogP) is 5.60. The van der Waals surface area contributed by atoms with Crippen molar-refractivity contribution in [1.29, 1.82) is 0 Å². The number of rotatable bonds is 5. The predicted molar refractivity (Wildman–Crippen MR) is 120 cm³/mol. The Morgan fingerprint density at radius 3 is 2.60 bits per heavy atom. The third-order valence-electron chi connectivity index (χ3n) is 4.44. The first kappa shape index (κ1) is 22.3. The van der Waals surface area contributed by atoms with Gasteiger partial charge < -0.3 is 4.74 Å².